The Bertz CT molecular complexity index is 335. The number of methoxy groups -OCH3 is 1. The van der Waals surface area contributed by atoms with Gasteiger partial charge in [0, 0.05) is 13.0 Å². The number of ether oxygens (including phenoxy) is 2. The van der Waals surface area contributed by atoms with Gasteiger partial charge in [-0.1, -0.05) is 19.3 Å². The highest BCUT2D eigenvalue weighted by Gasteiger charge is 2.74. The highest BCUT2D eigenvalue weighted by atomic mass is 16.7. The summed E-state index contributed by atoms with van der Waals surface area (Å²) in [7, 11) is 1.63. The quantitative estimate of drug-likeness (QED) is 0.434. The highest BCUT2D eigenvalue weighted by molar-refractivity contribution is 5.76. The van der Waals surface area contributed by atoms with Crippen LogP contribution in [0.3, 0.4) is 0 Å². The third kappa shape index (κ3) is 2.04. The van der Waals surface area contributed by atoms with Crippen LogP contribution in [0, 0.1) is 11.8 Å². The monoisotopic (exact) mass is 254 g/mol. The molecule has 102 valence electrons. The van der Waals surface area contributed by atoms with Crippen molar-refractivity contribution >= 4 is 5.97 Å². The van der Waals surface area contributed by atoms with Gasteiger partial charge in [-0.15, -0.1) is 0 Å². The minimum absolute atomic E-state index is 0.149. The zero-order valence-corrected chi connectivity index (χ0v) is 11.1. The maximum absolute atomic E-state index is 12.1. The molecule has 0 aromatic heterocycles. The molecule has 0 aromatic rings. The van der Waals surface area contributed by atoms with Crippen LogP contribution >= 0.6 is 0 Å². The van der Waals surface area contributed by atoms with E-state index in [1.54, 1.807) is 7.11 Å². The van der Waals surface area contributed by atoms with Gasteiger partial charge in [-0.05, 0) is 19.8 Å². The molecule has 1 aliphatic carbocycles. The maximum Gasteiger partial charge on any atom is 0.314 e. The van der Waals surface area contributed by atoms with E-state index in [1.807, 2.05) is 6.92 Å². The molecule has 5 heteroatoms. The summed E-state index contributed by atoms with van der Waals surface area (Å²) in [6.45, 7) is 1.91. The maximum atomic E-state index is 12.1. The van der Waals surface area contributed by atoms with Gasteiger partial charge < -0.3 is 9.47 Å². The van der Waals surface area contributed by atoms with Crippen molar-refractivity contribution in [3.63, 3.8) is 0 Å². The van der Waals surface area contributed by atoms with Crippen LogP contribution in [0.25, 0.3) is 0 Å². The average Bonchev–Trinajstić information content (AvgIpc) is 3.25. The van der Waals surface area contributed by atoms with E-state index in [0.717, 1.165) is 12.8 Å². The van der Waals surface area contributed by atoms with Crippen LogP contribution < -0.4 is 10.6 Å². The molecule has 0 bridgehead atoms. The largest absolute Gasteiger partial charge is 0.435 e. The van der Waals surface area contributed by atoms with Crippen LogP contribution in [-0.4, -0.2) is 31.2 Å². The highest BCUT2D eigenvalue weighted by Crippen LogP contribution is 2.44. The summed E-state index contributed by atoms with van der Waals surface area (Å²) in [5.74, 6) is 0.0590. The molecule has 2 aliphatic heterocycles. The van der Waals surface area contributed by atoms with Crippen molar-refractivity contribution < 1.29 is 14.3 Å². The molecule has 2 heterocycles. The first kappa shape index (κ1) is 12.4. The molecule has 0 amide bonds. The van der Waals surface area contributed by atoms with Crippen LogP contribution in [0.4, 0.5) is 0 Å². The number of hydrogen-bond donors (Lipinski definition) is 2. The smallest absolute Gasteiger partial charge is 0.314 e. The van der Waals surface area contributed by atoms with Gasteiger partial charge >= 0.3 is 5.97 Å². The molecule has 2 saturated heterocycles. The standard InChI is InChI=1S/C13H22N2O3/c1-8(13-12(14-13)15-13)10(16)18-11(17-2)9-6-4-3-5-7-9/h8-9,11-12,14-15H,3-7H2,1-2H3. The lowest BCUT2D eigenvalue weighted by molar-refractivity contribution is -0.191. The second-order valence-corrected chi connectivity index (χ2v) is 5.75. The molecule has 5 nitrogen and oxygen atoms in total. The molecule has 0 aromatic carbocycles. The Kier molecular flexibility index (Phi) is 3.08. The summed E-state index contributed by atoms with van der Waals surface area (Å²) in [6, 6.07) is 0. The van der Waals surface area contributed by atoms with Crippen molar-refractivity contribution in [1.29, 1.82) is 0 Å². The first-order valence-electron chi connectivity index (χ1n) is 6.96. The topological polar surface area (TPSA) is 79.4 Å². The summed E-state index contributed by atoms with van der Waals surface area (Å²) in [6.07, 6.45) is 5.88. The first-order chi connectivity index (χ1) is 8.67. The van der Waals surface area contributed by atoms with Gasteiger partial charge in [0.1, 0.15) is 5.66 Å². The molecular formula is C13H22N2O3. The predicted octanol–water partition coefficient (Wildman–Crippen LogP) is 0.947. The van der Waals surface area contributed by atoms with E-state index >= 15 is 0 Å². The Morgan fingerprint density at radius 3 is 2.39 bits per heavy atom. The summed E-state index contributed by atoms with van der Waals surface area (Å²) in [5.41, 5.74) is -0.151. The van der Waals surface area contributed by atoms with Gasteiger partial charge in [0.25, 0.3) is 0 Å². The molecule has 0 radical (unpaired) electrons. The number of nitrogens with one attached hydrogen (secondary N) is 2. The number of esters is 1. The van der Waals surface area contributed by atoms with E-state index in [4.69, 9.17) is 9.47 Å². The van der Waals surface area contributed by atoms with Gasteiger partial charge in [0.2, 0.25) is 6.29 Å². The van der Waals surface area contributed by atoms with Crippen molar-refractivity contribution in [2.24, 2.45) is 11.8 Å². The number of carbonyl (C=O) groups excluding carboxylic acids is 1. The van der Waals surface area contributed by atoms with E-state index in [0.29, 0.717) is 12.1 Å². The van der Waals surface area contributed by atoms with Gasteiger partial charge in [-0.3, -0.25) is 15.4 Å². The average molecular weight is 254 g/mol. The zero-order valence-electron chi connectivity index (χ0n) is 11.1. The Morgan fingerprint density at radius 2 is 1.89 bits per heavy atom. The second kappa shape index (κ2) is 4.47. The molecule has 3 rings (SSSR count). The van der Waals surface area contributed by atoms with E-state index in [1.165, 1.54) is 19.3 Å². The second-order valence-electron chi connectivity index (χ2n) is 5.75. The number of rotatable bonds is 5. The van der Waals surface area contributed by atoms with E-state index in [9.17, 15) is 4.79 Å². The fourth-order valence-electron chi connectivity index (χ4n) is 3.04. The molecular weight excluding hydrogens is 232 g/mol. The van der Waals surface area contributed by atoms with Crippen molar-refractivity contribution in [2.75, 3.05) is 7.11 Å². The number of carbonyl (C=O) groups is 1. The van der Waals surface area contributed by atoms with Crippen LogP contribution in [0.1, 0.15) is 39.0 Å². The van der Waals surface area contributed by atoms with Crippen LogP contribution in [0.5, 0.6) is 0 Å². The van der Waals surface area contributed by atoms with E-state index < -0.39 is 0 Å². The van der Waals surface area contributed by atoms with Crippen molar-refractivity contribution in [2.45, 2.75) is 57.1 Å². The third-order valence-corrected chi connectivity index (χ3v) is 4.59. The van der Waals surface area contributed by atoms with Gasteiger partial charge in [-0.2, -0.15) is 0 Å². The molecule has 18 heavy (non-hydrogen) atoms. The third-order valence-electron chi connectivity index (χ3n) is 4.59. The Morgan fingerprint density at radius 1 is 1.28 bits per heavy atom. The molecule has 3 aliphatic rings. The lowest BCUT2D eigenvalue weighted by atomic mass is 9.89. The zero-order chi connectivity index (χ0) is 12.8. The van der Waals surface area contributed by atoms with Crippen LogP contribution in [0.15, 0.2) is 0 Å². The lowest BCUT2D eigenvalue weighted by Gasteiger charge is -2.29. The van der Waals surface area contributed by atoms with Crippen LogP contribution in [-0.2, 0) is 14.3 Å². The summed E-state index contributed by atoms with van der Waals surface area (Å²) < 4.78 is 10.9. The molecule has 2 atom stereocenters. The summed E-state index contributed by atoms with van der Waals surface area (Å²) in [4.78, 5) is 12.1. The van der Waals surface area contributed by atoms with E-state index in [2.05, 4.69) is 10.6 Å². The minimum atomic E-state index is -0.368. The Labute approximate surface area is 108 Å². The fourth-order valence-corrected chi connectivity index (χ4v) is 3.04. The lowest BCUT2D eigenvalue weighted by Crippen LogP contribution is -2.39. The molecule has 2 N–H and O–H groups in total. The van der Waals surface area contributed by atoms with Crippen molar-refractivity contribution in [3.05, 3.63) is 0 Å². The number of hydrogen-bond acceptors (Lipinski definition) is 5. The predicted molar refractivity (Wildman–Crippen MR) is 65.4 cm³/mol. The molecule has 1 saturated carbocycles. The van der Waals surface area contributed by atoms with Gasteiger partial charge in [-0.25, -0.2) is 0 Å². The van der Waals surface area contributed by atoms with E-state index in [-0.39, 0.29) is 23.8 Å². The van der Waals surface area contributed by atoms with Crippen LogP contribution in [0.2, 0.25) is 0 Å². The molecule has 0 spiro atoms. The Hall–Kier alpha value is -0.650. The summed E-state index contributed by atoms with van der Waals surface area (Å²) >= 11 is 0. The minimum Gasteiger partial charge on any atom is -0.435 e. The SMILES string of the molecule is COC(OC(=O)C(C)C12NC1N2)C1CCCCC1. The first-order valence-corrected chi connectivity index (χ1v) is 6.96. The van der Waals surface area contributed by atoms with Crippen molar-refractivity contribution in [1.82, 2.24) is 10.6 Å². The molecule has 2 unspecified atom stereocenters. The van der Waals surface area contributed by atoms with Gasteiger partial charge in [0.15, 0.2) is 0 Å². The molecule has 3 fully saturated rings. The summed E-state index contributed by atoms with van der Waals surface area (Å²) in [5, 5.41) is 6.41. The fraction of sp³-hybridized carbons (Fsp3) is 0.923. The Balaban J connectivity index is 1.53. The van der Waals surface area contributed by atoms with Gasteiger partial charge in [0.05, 0.1) is 12.1 Å². The normalized spacial score (nSPS) is 37.6. The van der Waals surface area contributed by atoms with Crippen molar-refractivity contribution in [3.8, 4) is 0 Å². The number of fused-ring (bicyclic) bond motifs is 1.